The van der Waals surface area contributed by atoms with Crippen LogP contribution >= 0.6 is 0 Å². The lowest BCUT2D eigenvalue weighted by molar-refractivity contribution is -0.175. The molecule has 1 saturated heterocycles. The van der Waals surface area contributed by atoms with Gasteiger partial charge in [-0.3, -0.25) is 9.59 Å². The number of fused-ring (bicyclic) bond motifs is 2. The Balaban J connectivity index is 1.32. The third-order valence-corrected chi connectivity index (χ3v) is 7.04. The standard InChI is InChI=1S/C27H32N4O4/c1-29-14-16-34-24-12-5-2-8-21(24)9-6-7-13-27(26(29)33)19-30(15-17-35-27)25(32)18-31-20-28-22-10-3-4-11-23(22)31/h2-5,8,10-12,20H,6-7,9,13-19H2,1H3. The molecule has 3 heterocycles. The molecular formula is C27H32N4O4. The Morgan fingerprint density at radius 1 is 1.06 bits per heavy atom. The van der Waals surface area contributed by atoms with Gasteiger partial charge >= 0.3 is 0 Å². The van der Waals surface area contributed by atoms with Crippen molar-refractivity contribution in [1.82, 2.24) is 19.4 Å². The van der Waals surface area contributed by atoms with Crippen LogP contribution in [0.2, 0.25) is 0 Å². The number of para-hydroxylation sites is 3. The van der Waals surface area contributed by atoms with E-state index in [4.69, 9.17) is 9.47 Å². The second-order valence-corrected chi connectivity index (χ2v) is 9.41. The van der Waals surface area contributed by atoms with Gasteiger partial charge < -0.3 is 23.8 Å². The van der Waals surface area contributed by atoms with Gasteiger partial charge in [0.25, 0.3) is 5.91 Å². The van der Waals surface area contributed by atoms with Gasteiger partial charge in [-0.1, -0.05) is 30.3 Å². The highest BCUT2D eigenvalue weighted by Gasteiger charge is 2.46. The lowest BCUT2D eigenvalue weighted by atomic mass is 9.91. The average Bonchev–Trinajstić information content (AvgIpc) is 3.29. The Kier molecular flexibility index (Phi) is 6.72. The van der Waals surface area contributed by atoms with Crippen LogP contribution < -0.4 is 4.74 Å². The summed E-state index contributed by atoms with van der Waals surface area (Å²) in [5.74, 6) is 0.775. The zero-order valence-corrected chi connectivity index (χ0v) is 20.2. The largest absolute Gasteiger partial charge is 0.491 e. The van der Waals surface area contributed by atoms with E-state index in [1.165, 1.54) is 5.56 Å². The van der Waals surface area contributed by atoms with Crippen LogP contribution in [0, 0.1) is 0 Å². The maximum atomic E-state index is 13.6. The maximum Gasteiger partial charge on any atom is 0.256 e. The number of aryl methyl sites for hydroxylation is 1. The summed E-state index contributed by atoms with van der Waals surface area (Å²) in [6, 6.07) is 15.9. The number of benzene rings is 2. The lowest BCUT2D eigenvalue weighted by Crippen LogP contribution is -2.61. The van der Waals surface area contributed by atoms with E-state index in [0.29, 0.717) is 32.7 Å². The van der Waals surface area contributed by atoms with Crippen LogP contribution in [-0.2, 0) is 27.3 Å². The monoisotopic (exact) mass is 476 g/mol. The van der Waals surface area contributed by atoms with Crippen LogP contribution in [0.4, 0.5) is 0 Å². The van der Waals surface area contributed by atoms with Crippen molar-refractivity contribution in [1.29, 1.82) is 0 Å². The topological polar surface area (TPSA) is 76.9 Å². The fraction of sp³-hybridized carbons (Fsp3) is 0.444. The number of hydrogen-bond donors (Lipinski definition) is 0. The van der Waals surface area contributed by atoms with Gasteiger partial charge in [-0.05, 0) is 49.4 Å². The van der Waals surface area contributed by atoms with Gasteiger partial charge in [0, 0.05) is 13.6 Å². The van der Waals surface area contributed by atoms with Gasteiger partial charge in [-0.25, -0.2) is 4.98 Å². The normalized spacial score (nSPS) is 21.8. The number of aromatic nitrogens is 2. The number of amides is 2. The molecule has 0 saturated carbocycles. The van der Waals surface area contributed by atoms with Crippen molar-refractivity contribution >= 4 is 22.8 Å². The first-order valence-corrected chi connectivity index (χ1v) is 12.3. The third-order valence-electron chi connectivity index (χ3n) is 7.04. The van der Waals surface area contributed by atoms with E-state index in [0.717, 1.165) is 36.0 Å². The summed E-state index contributed by atoms with van der Waals surface area (Å²) in [5.41, 5.74) is 1.94. The highest BCUT2D eigenvalue weighted by Crippen LogP contribution is 2.29. The summed E-state index contributed by atoms with van der Waals surface area (Å²) in [6.07, 6.45) is 4.90. The molecule has 5 rings (SSSR count). The maximum absolute atomic E-state index is 13.6. The molecule has 2 aromatic carbocycles. The number of ether oxygens (including phenoxy) is 2. The van der Waals surface area contributed by atoms with E-state index in [1.54, 1.807) is 23.2 Å². The van der Waals surface area contributed by atoms with Gasteiger partial charge in [0.05, 0.1) is 37.1 Å². The Labute approximate surface area is 205 Å². The zero-order chi connectivity index (χ0) is 24.3. The quantitative estimate of drug-likeness (QED) is 0.569. The number of nitrogens with zero attached hydrogens (tertiary/aromatic N) is 4. The van der Waals surface area contributed by atoms with Crippen molar-refractivity contribution in [2.75, 3.05) is 39.9 Å². The van der Waals surface area contributed by atoms with E-state index in [9.17, 15) is 9.59 Å². The molecule has 184 valence electrons. The van der Waals surface area contributed by atoms with Gasteiger partial charge in [-0.2, -0.15) is 0 Å². The lowest BCUT2D eigenvalue weighted by Gasteiger charge is -2.43. The molecule has 2 aliphatic heterocycles. The summed E-state index contributed by atoms with van der Waals surface area (Å²) < 4.78 is 14.1. The minimum atomic E-state index is -1.03. The number of likely N-dealkylation sites (N-methyl/N-ethyl adjacent to an activating group) is 1. The zero-order valence-electron chi connectivity index (χ0n) is 20.2. The van der Waals surface area contributed by atoms with Gasteiger partial charge in [0.1, 0.15) is 18.9 Å². The molecule has 2 amide bonds. The Morgan fingerprint density at radius 3 is 2.80 bits per heavy atom. The van der Waals surface area contributed by atoms with Crippen LogP contribution in [-0.4, -0.2) is 76.7 Å². The third kappa shape index (κ3) is 4.89. The molecule has 1 fully saturated rings. The first-order valence-electron chi connectivity index (χ1n) is 12.3. The van der Waals surface area contributed by atoms with Crippen LogP contribution in [0.1, 0.15) is 24.8 Å². The van der Waals surface area contributed by atoms with Crippen LogP contribution in [0.15, 0.2) is 54.9 Å². The van der Waals surface area contributed by atoms with E-state index >= 15 is 0 Å². The summed E-state index contributed by atoms with van der Waals surface area (Å²) >= 11 is 0. The fourth-order valence-electron chi connectivity index (χ4n) is 5.09. The van der Waals surface area contributed by atoms with Crippen LogP contribution in [0.5, 0.6) is 5.75 Å². The Bertz CT molecular complexity index is 1210. The minimum absolute atomic E-state index is 0.0327. The molecule has 0 N–H and O–H groups in total. The first-order chi connectivity index (χ1) is 17.1. The summed E-state index contributed by atoms with van der Waals surface area (Å²) in [7, 11) is 1.78. The van der Waals surface area contributed by atoms with Crippen molar-refractivity contribution < 1.29 is 19.1 Å². The number of morpholine rings is 1. The van der Waals surface area contributed by atoms with E-state index < -0.39 is 5.60 Å². The van der Waals surface area contributed by atoms with Crippen LogP contribution in [0.25, 0.3) is 11.0 Å². The molecule has 8 nitrogen and oxygen atoms in total. The SMILES string of the molecule is CN1CCOc2ccccc2CCCCC2(CN(C(=O)Cn3cnc4ccccc43)CCO2)C1=O. The fourth-order valence-corrected chi connectivity index (χ4v) is 5.09. The van der Waals surface area contributed by atoms with Crippen molar-refractivity contribution in [2.24, 2.45) is 0 Å². The number of imidazole rings is 1. The molecule has 35 heavy (non-hydrogen) atoms. The molecule has 1 unspecified atom stereocenters. The molecule has 0 radical (unpaired) electrons. The Morgan fingerprint density at radius 2 is 1.89 bits per heavy atom. The van der Waals surface area contributed by atoms with Crippen molar-refractivity contribution in [2.45, 2.75) is 37.8 Å². The van der Waals surface area contributed by atoms with Crippen molar-refractivity contribution in [3.8, 4) is 5.75 Å². The number of carbonyl (C=O) groups excluding carboxylic acids is 2. The summed E-state index contributed by atoms with van der Waals surface area (Å²) in [5, 5.41) is 0. The smallest absolute Gasteiger partial charge is 0.256 e. The van der Waals surface area contributed by atoms with E-state index in [1.807, 2.05) is 47.0 Å². The highest BCUT2D eigenvalue weighted by atomic mass is 16.5. The molecule has 8 heteroatoms. The molecule has 1 atom stereocenters. The Hall–Kier alpha value is -3.39. The predicted molar refractivity (Wildman–Crippen MR) is 132 cm³/mol. The number of rotatable bonds is 2. The van der Waals surface area contributed by atoms with E-state index in [2.05, 4.69) is 11.1 Å². The highest BCUT2D eigenvalue weighted by molar-refractivity contribution is 5.87. The molecule has 1 spiro atoms. The molecule has 2 aliphatic rings. The minimum Gasteiger partial charge on any atom is -0.491 e. The first kappa shape index (κ1) is 23.4. The van der Waals surface area contributed by atoms with E-state index in [-0.39, 0.29) is 24.9 Å². The molecular weight excluding hydrogens is 444 g/mol. The van der Waals surface area contributed by atoms with Crippen LogP contribution in [0.3, 0.4) is 0 Å². The predicted octanol–water partition coefficient (Wildman–Crippen LogP) is 2.90. The van der Waals surface area contributed by atoms with Gasteiger partial charge in [-0.15, -0.1) is 0 Å². The van der Waals surface area contributed by atoms with Crippen molar-refractivity contribution in [3.05, 3.63) is 60.4 Å². The van der Waals surface area contributed by atoms with Gasteiger partial charge in [0.2, 0.25) is 5.91 Å². The summed E-state index contributed by atoms with van der Waals surface area (Å²) in [6.45, 7) is 2.12. The van der Waals surface area contributed by atoms with Crippen molar-refractivity contribution in [3.63, 3.8) is 0 Å². The molecule has 0 aliphatic carbocycles. The average molecular weight is 477 g/mol. The molecule has 3 aromatic rings. The summed E-state index contributed by atoms with van der Waals surface area (Å²) in [4.78, 5) is 34.8. The second kappa shape index (κ2) is 10.1. The second-order valence-electron chi connectivity index (χ2n) is 9.41. The number of hydrogen-bond acceptors (Lipinski definition) is 5. The van der Waals surface area contributed by atoms with Gasteiger partial charge in [0.15, 0.2) is 5.60 Å². The molecule has 1 aromatic heterocycles. The number of carbonyl (C=O) groups is 2. The molecule has 0 bridgehead atoms.